The molecule has 110 valence electrons. The van der Waals surface area contributed by atoms with Gasteiger partial charge in [-0.05, 0) is 6.07 Å². The van der Waals surface area contributed by atoms with Crippen LogP contribution in [0.5, 0.6) is 0 Å². The van der Waals surface area contributed by atoms with Crippen LogP contribution < -0.4 is 10.6 Å². The van der Waals surface area contributed by atoms with Gasteiger partial charge in [0.05, 0.1) is 10.6 Å². The second kappa shape index (κ2) is 6.01. The molecule has 0 radical (unpaired) electrons. The fourth-order valence-corrected chi connectivity index (χ4v) is 1.84. The van der Waals surface area contributed by atoms with Crippen LogP contribution in [0.25, 0.3) is 0 Å². The highest BCUT2D eigenvalue weighted by atomic mass is 35.5. The van der Waals surface area contributed by atoms with Crippen LogP contribution in [0.4, 0.5) is 24.7 Å². The van der Waals surface area contributed by atoms with E-state index in [-0.39, 0.29) is 16.3 Å². The Morgan fingerprint density at radius 3 is 2.33 bits per heavy atom. The lowest BCUT2D eigenvalue weighted by atomic mass is 10.2. The number of nitrogens with zero attached hydrogens (tertiary/aromatic N) is 1. The van der Waals surface area contributed by atoms with E-state index in [1.807, 2.05) is 0 Å². The highest BCUT2D eigenvalue weighted by Crippen LogP contribution is 2.21. The number of amides is 1. The number of carbonyl (C=O) groups excluding carboxylic acids is 1. The smallest absolute Gasteiger partial charge is 0.257 e. The molecule has 0 aliphatic heterocycles. The van der Waals surface area contributed by atoms with E-state index in [2.05, 4.69) is 15.6 Å². The normalized spacial score (nSPS) is 10.3. The SMILES string of the molecule is CNc1ncc(C(=O)Nc2cc(F)c(F)c(F)c2)cc1Cl. The van der Waals surface area contributed by atoms with Crippen LogP contribution in [0.15, 0.2) is 24.4 Å². The van der Waals surface area contributed by atoms with E-state index in [0.717, 1.165) is 0 Å². The summed E-state index contributed by atoms with van der Waals surface area (Å²) in [4.78, 5) is 15.8. The summed E-state index contributed by atoms with van der Waals surface area (Å²) in [6.07, 6.45) is 1.24. The van der Waals surface area contributed by atoms with Crippen molar-refractivity contribution in [2.75, 3.05) is 17.7 Å². The maximum Gasteiger partial charge on any atom is 0.257 e. The van der Waals surface area contributed by atoms with Gasteiger partial charge in [-0.25, -0.2) is 18.2 Å². The summed E-state index contributed by atoms with van der Waals surface area (Å²) in [5, 5.41) is 5.15. The van der Waals surface area contributed by atoms with Crippen molar-refractivity contribution in [3.05, 3.63) is 52.4 Å². The number of hydrogen-bond acceptors (Lipinski definition) is 3. The highest BCUT2D eigenvalue weighted by Gasteiger charge is 2.14. The van der Waals surface area contributed by atoms with Crippen LogP contribution in [0.2, 0.25) is 5.02 Å². The first-order chi connectivity index (χ1) is 9.92. The Morgan fingerprint density at radius 1 is 1.19 bits per heavy atom. The lowest BCUT2D eigenvalue weighted by Gasteiger charge is -2.08. The minimum Gasteiger partial charge on any atom is -0.372 e. The van der Waals surface area contributed by atoms with E-state index < -0.39 is 23.4 Å². The molecule has 0 aliphatic carbocycles. The molecular formula is C13H9ClF3N3O. The van der Waals surface area contributed by atoms with Gasteiger partial charge in [0.25, 0.3) is 5.91 Å². The molecule has 4 nitrogen and oxygen atoms in total. The van der Waals surface area contributed by atoms with Gasteiger partial charge in [0.1, 0.15) is 5.82 Å². The predicted molar refractivity (Wildman–Crippen MR) is 73.1 cm³/mol. The molecule has 1 amide bonds. The van der Waals surface area contributed by atoms with Crippen molar-refractivity contribution < 1.29 is 18.0 Å². The molecule has 0 saturated heterocycles. The summed E-state index contributed by atoms with van der Waals surface area (Å²) in [6, 6.07) is 2.69. The van der Waals surface area contributed by atoms with Gasteiger partial charge in [-0.2, -0.15) is 0 Å². The quantitative estimate of drug-likeness (QED) is 0.853. The van der Waals surface area contributed by atoms with Crippen molar-refractivity contribution >= 4 is 29.0 Å². The molecule has 21 heavy (non-hydrogen) atoms. The number of nitrogens with one attached hydrogen (secondary N) is 2. The summed E-state index contributed by atoms with van der Waals surface area (Å²) in [5.74, 6) is -4.69. The van der Waals surface area contributed by atoms with E-state index in [4.69, 9.17) is 11.6 Å². The molecule has 1 aromatic carbocycles. The summed E-state index contributed by atoms with van der Waals surface area (Å²) in [5.41, 5.74) is -0.130. The van der Waals surface area contributed by atoms with Gasteiger partial charge in [-0.3, -0.25) is 4.79 Å². The van der Waals surface area contributed by atoms with Gasteiger partial charge in [-0.15, -0.1) is 0 Å². The maximum absolute atomic E-state index is 13.0. The third kappa shape index (κ3) is 3.25. The van der Waals surface area contributed by atoms with Gasteiger partial charge >= 0.3 is 0 Å². The Labute approximate surface area is 122 Å². The van der Waals surface area contributed by atoms with Gasteiger partial charge in [-0.1, -0.05) is 11.6 Å². The number of rotatable bonds is 3. The van der Waals surface area contributed by atoms with Crippen LogP contribution in [-0.4, -0.2) is 17.9 Å². The Morgan fingerprint density at radius 2 is 1.81 bits per heavy atom. The van der Waals surface area contributed by atoms with Crippen molar-refractivity contribution in [3.8, 4) is 0 Å². The van der Waals surface area contributed by atoms with Crippen molar-refractivity contribution in [3.63, 3.8) is 0 Å². The molecule has 1 aromatic heterocycles. The molecule has 2 N–H and O–H groups in total. The summed E-state index contributed by atoms with van der Waals surface area (Å²) in [7, 11) is 1.61. The van der Waals surface area contributed by atoms with Crippen molar-refractivity contribution in [1.82, 2.24) is 4.98 Å². The first kappa shape index (κ1) is 15.1. The van der Waals surface area contributed by atoms with E-state index in [1.165, 1.54) is 12.3 Å². The first-order valence-corrected chi connectivity index (χ1v) is 6.09. The first-order valence-electron chi connectivity index (χ1n) is 5.71. The van der Waals surface area contributed by atoms with Gasteiger partial charge in [0.15, 0.2) is 17.5 Å². The topological polar surface area (TPSA) is 54.0 Å². The van der Waals surface area contributed by atoms with Crippen LogP contribution in [0.1, 0.15) is 10.4 Å². The van der Waals surface area contributed by atoms with Crippen molar-refractivity contribution in [2.45, 2.75) is 0 Å². The van der Waals surface area contributed by atoms with E-state index in [1.54, 1.807) is 7.05 Å². The van der Waals surface area contributed by atoms with Crippen LogP contribution in [-0.2, 0) is 0 Å². The molecular weight excluding hydrogens is 307 g/mol. The zero-order valence-electron chi connectivity index (χ0n) is 10.7. The van der Waals surface area contributed by atoms with Crippen LogP contribution in [0, 0.1) is 17.5 Å². The average Bonchev–Trinajstić information content (AvgIpc) is 2.44. The van der Waals surface area contributed by atoms with E-state index in [0.29, 0.717) is 18.0 Å². The second-order valence-electron chi connectivity index (χ2n) is 4.01. The number of benzene rings is 1. The van der Waals surface area contributed by atoms with Gasteiger partial charge in [0, 0.05) is 31.1 Å². The number of carbonyl (C=O) groups is 1. The van der Waals surface area contributed by atoms with Gasteiger partial charge < -0.3 is 10.6 Å². The third-order valence-corrected chi connectivity index (χ3v) is 2.87. The number of anilines is 2. The summed E-state index contributed by atoms with van der Waals surface area (Å²) < 4.78 is 38.9. The number of pyridine rings is 1. The minimum atomic E-state index is -1.60. The molecule has 0 fully saturated rings. The Balaban J connectivity index is 2.24. The number of halogens is 4. The molecule has 2 rings (SSSR count). The maximum atomic E-state index is 13.0. The van der Waals surface area contributed by atoms with E-state index in [9.17, 15) is 18.0 Å². The third-order valence-electron chi connectivity index (χ3n) is 2.58. The molecule has 0 unspecified atom stereocenters. The Hall–Kier alpha value is -2.28. The summed E-state index contributed by atoms with van der Waals surface area (Å²) in [6.45, 7) is 0. The fourth-order valence-electron chi connectivity index (χ4n) is 1.58. The van der Waals surface area contributed by atoms with Crippen LogP contribution in [0.3, 0.4) is 0 Å². The number of hydrogen-bond donors (Lipinski definition) is 2. The molecule has 0 bridgehead atoms. The monoisotopic (exact) mass is 315 g/mol. The minimum absolute atomic E-state index is 0.0872. The Bertz CT molecular complexity index is 686. The zero-order valence-corrected chi connectivity index (χ0v) is 11.4. The average molecular weight is 316 g/mol. The van der Waals surface area contributed by atoms with E-state index >= 15 is 0 Å². The zero-order chi connectivity index (χ0) is 15.6. The largest absolute Gasteiger partial charge is 0.372 e. The van der Waals surface area contributed by atoms with Gasteiger partial charge in [0.2, 0.25) is 0 Å². The molecule has 0 aliphatic rings. The molecule has 0 saturated carbocycles. The lowest BCUT2D eigenvalue weighted by molar-refractivity contribution is 0.102. The molecule has 0 spiro atoms. The fraction of sp³-hybridized carbons (Fsp3) is 0.0769. The predicted octanol–water partition coefficient (Wildman–Crippen LogP) is 3.45. The Kier molecular flexibility index (Phi) is 4.32. The lowest BCUT2D eigenvalue weighted by Crippen LogP contribution is -2.13. The van der Waals surface area contributed by atoms with Crippen LogP contribution >= 0.6 is 11.6 Å². The molecule has 8 heteroatoms. The van der Waals surface area contributed by atoms with Crippen molar-refractivity contribution in [1.29, 1.82) is 0 Å². The molecule has 2 aromatic rings. The number of aromatic nitrogens is 1. The molecule has 0 atom stereocenters. The molecule has 1 heterocycles. The highest BCUT2D eigenvalue weighted by molar-refractivity contribution is 6.33. The summed E-state index contributed by atoms with van der Waals surface area (Å²) >= 11 is 5.87. The van der Waals surface area contributed by atoms with Crippen molar-refractivity contribution in [2.24, 2.45) is 0 Å². The second-order valence-corrected chi connectivity index (χ2v) is 4.42. The standard InChI is InChI=1S/C13H9ClF3N3O/c1-18-12-8(14)2-6(5-19-12)13(21)20-7-3-9(15)11(17)10(16)4-7/h2-5H,1H3,(H,18,19)(H,20,21).